The van der Waals surface area contributed by atoms with Crippen LogP contribution < -0.4 is 0 Å². The van der Waals surface area contributed by atoms with E-state index in [1.807, 2.05) is 0 Å². The normalized spacial score (nSPS) is 48.5. The van der Waals surface area contributed by atoms with Crippen molar-refractivity contribution in [3.05, 3.63) is 0 Å². The van der Waals surface area contributed by atoms with Gasteiger partial charge in [0.25, 0.3) is 0 Å². The molecule has 12 heavy (non-hydrogen) atoms. The quantitative estimate of drug-likeness (QED) is 0.556. The number of ether oxygens (including phenoxy) is 2. The van der Waals surface area contributed by atoms with E-state index < -0.39 is 0 Å². The highest BCUT2D eigenvalue weighted by atomic mass is 16.7. The topological polar surface area (TPSA) is 18.5 Å². The Kier molecular flexibility index (Phi) is 2.13. The van der Waals surface area contributed by atoms with Crippen LogP contribution in [0.2, 0.25) is 0 Å². The molecule has 0 aromatic rings. The molecule has 0 aliphatic carbocycles. The molecule has 70 valence electrons. The monoisotopic (exact) mass is 170 g/mol. The summed E-state index contributed by atoms with van der Waals surface area (Å²) in [7, 11) is 0. The molecule has 2 saturated heterocycles. The third-order valence-corrected chi connectivity index (χ3v) is 2.93. The highest BCUT2D eigenvalue weighted by molar-refractivity contribution is 4.83. The second-order valence-electron chi connectivity index (χ2n) is 4.20. The zero-order chi connectivity index (χ0) is 8.60. The first-order chi connectivity index (χ1) is 5.70. The van der Waals surface area contributed by atoms with Crippen molar-refractivity contribution in [2.45, 2.75) is 63.9 Å². The molecule has 0 amide bonds. The van der Waals surface area contributed by atoms with Gasteiger partial charge in [-0.15, -0.1) is 0 Å². The van der Waals surface area contributed by atoms with Gasteiger partial charge in [-0.1, -0.05) is 0 Å². The lowest BCUT2D eigenvalue weighted by atomic mass is 9.99. The maximum absolute atomic E-state index is 5.88. The summed E-state index contributed by atoms with van der Waals surface area (Å²) in [5, 5.41) is 0. The van der Waals surface area contributed by atoms with Gasteiger partial charge in [-0.25, -0.2) is 0 Å². The Balaban J connectivity index is 2.00. The van der Waals surface area contributed by atoms with Crippen LogP contribution in [-0.4, -0.2) is 18.0 Å². The molecule has 0 saturated carbocycles. The smallest absolute Gasteiger partial charge is 0.169 e. The van der Waals surface area contributed by atoms with Gasteiger partial charge in [0.15, 0.2) is 5.79 Å². The van der Waals surface area contributed by atoms with Crippen molar-refractivity contribution < 1.29 is 9.47 Å². The molecule has 2 heterocycles. The van der Waals surface area contributed by atoms with Gasteiger partial charge in [0.1, 0.15) is 0 Å². The number of hydrogen-bond donors (Lipinski definition) is 0. The summed E-state index contributed by atoms with van der Waals surface area (Å²) >= 11 is 0. The molecule has 0 radical (unpaired) electrons. The van der Waals surface area contributed by atoms with Crippen LogP contribution in [0.3, 0.4) is 0 Å². The highest BCUT2D eigenvalue weighted by Crippen LogP contribution is 2.40. The Morgan fingerprint density at radius 1 is 1.00 bits per heavy atom. The van der Waals surface area contributed by atoms with Crippen molar-refractivity contribution in [2.75, 3.05) is 0 Å². The Morgan fingerprint density at radius 2 is 1.67 bits per heavy atom. The standard InChI is InChI=1S/C10H18O2/c1-8-4-3-6-10(11-8)7-5-9(2)12-10/h8-9H,3-7H2,1-2H3/t8-,9?,10+/m0/s1. The third kappa shape index (κ3) is 1.50. The lowest BCUT2D eigenvalue weighted by Gasteiger charge is -2.36. The average molecular weight is 170 g/mol. The first-order valence-corrected chi connectivity index (χ1v) is 5.06. The van der Waals surface area contributed by atoms with Crippen LogP contribution in [0.25, 0.3) is 0 Å². The summed E-state index contributed by atoms with van der Waals surface area (Å²) < 4.78 is 11.7. The molecule has 1 unspecified atom stereocenters. The fourth-order valence-electron chi connectivity index (χ4n) is 2.32. The van der Waals surface area contributed by atoms with Crippen molar-refractivity contribution in [3.63, 3.8) is 0 Å². The van der Waals surface area contributed by atoms with Crippen LogP contribution in [0.1, 0.15) is 46.0 Å². The van der Waals surface area contributed by atoms with Crippen LogP contribution in [0.15, 0.2) is 0 Å². The van der Waals surface area contributed by atoms with E-state index in [1.54, 1.807) is 0 Å². The Morgan fingerprint density at radius 3 is 2.25 bits per heavy atom. The molecule has 2 nitrogen and oxygen atoms in total. The summed E-state index contributed by atoms with van der Waals surface area (Å²) in [6.45, 7) is 4.28. The van der Waals surface area contributed by atoms with Crippen molar-refractivity contribution in [1.29, 1.82) is 0 Å². The predicted octanol–water partition coefficient (Wildman–Crippen LogP) is 2.47. The Bertz CT molecular complexity index is 165. The minimum absolute atomic E-state index is 0.183. The van der Waals surface area contributed by atoms with Crippen LogP contribution in [0, 0.1) is 0 Å². The van der Waals surface area contributed by atoms with E-state index in [2.05, 4.69) is 13.8 Å². The van der Waals surface area contributed by atoms with Crippen molar-refractivity contribution >= 4 is 0 Å². The van der Waals surface area contributed by atoms with E-state index >= 15 is 0 Å². The van der Waals surface area contributed by atoms with Gasteiger partial charge in [0, 0.05) is 12.8 Å². The van der Waals surface area contributed by atoms with E-state index in [0.29, 0.717) is 12.2 Å². The second-order valence-corrected chi connectivity index (χ2v) is 4.20. The summed E-state index contributed by atoms with van der Waals surface area (Å²) in [6, 6.07) is 0. The minimum Gasteiger partial charge on any atom is -0.347 e. The van der Waals surface area contributed by atoms with Crippen molar-refractivity contribution in [2.24, 2.45) is 0 Å². The third-order valence-electron chi connectivity index (χ3n) is 2.93. The molecule has 0 N–H and O–H groups in total. The van der Waals surface area contributed by atoms with Gasteiger partial charge < -0.3 is 9.47 Å². The van der Waals surface area contributed by atoms with Crippen molar-refractivity contribution in [3.8, 4) is 0 Å². The number of rotatable bonds is 0. The van der Waals surface area contributed by atoms with Crippen molar-refractivity contribution in [1.82, 2.24) is 0 Å². The van der Waals surface area contributed by atoms with Gasteiger partial charge >= 0.3 is 0 Å². The molecule has 1 spiro atoms. The first-order valence-electron chi connectivity index (χ1n) is 5.06. The van der Waals surface area contributed by atoms with E-state index in [4.69, 9.17) is 9.47 Å². The molecular weight excluding hydrogens is 152 g/mol. The molecule has 0 bridgehead atoms. The highest BCUT2D eigenvalue weighted by Gasteiger charge is 2.42. The molecular formula is C10H18O2. The maximum atomic E-state index is 5.88. The summed E-state index contributed by atoms with van der Waals surface area (Å²) in [4.78, 5) is 0. The lowest BCUT2D eigenvalue weighted by Crippen LogP contribution is -2.39. The molecule has 3 atom stereocenters. The zero-order valence-corrected chi connectivity index (χ0v) is 8.01. The van der Waals surface area contributed by atoms with Crippen LogP contribution in [0.4, 0.5) is 0 Å². The van der Waals surface area contributed by atoms with Crippen LogP contribution >= 0.6 is 0 Å². The fourth-order valence-corrected chi connectivity index (χ4v) is 2.32. The van der Waals surface area contributed by atoms with Gasteiger partial charge in [0.2, 0.25) is 0 Å². The van der Waals surface area contributed by atoms with E-state index in [1.165, 1.54) is 12.8 Å². The molecule has 0 aromatic heterocycles. The molecule has 2 aliphatic heterocycles. The van der Waals surface area contributed by atoms with Gasteiger partial charge in [0.05, 0.1) is 12.2 Å². The Labute approximate surface area is 74.2 Å². The second kappa shape index (κ2) is 3.00. The molecule has 0 aromatic carbocycles. The summed E-state index contributed by atoms with van der Waals surface area (Å²) in [6.07, 6.45) is 6.60. The molecule has 2 fully saturated rings. The summed E-state index contributed by atoms with van der Waals surface area (Å²) in [5.74, 6) is -0.183. The van der Waals surface area contributed by atoms with Gasteiger partial charge in [-0.3, -0.25) is 0 Å². The molecule has 2 aliphatic rings. The van der Waals surface area contributed by atoms with Gasteiger partial charge in [-0.2, -0.15) is 0 Å². The minimum atomic E-state index is -0.183. The lowest BCUT2D eigenvalue weighted by molar-refractivity contribution is -0.264. The van der Waals surface area contributed by atoms with Crippen LogP contribution in [0.5, 0.6) is 0 Å². The largest absolute Gasteiger partial charge is 0.347 e. The zero-order valence-electron chi connectivity index (χ0n) is 8.01. The van der Waals surface area contributed by atoms with E-state index in [-0.39, 0.29) is 5.79 Å². The SMILES string of the molecule is CC1CC[C@@]2(CCC[C@H](C)O2)O1. The van der Waals surface area contributed by atoms with E-state index in [9.17, 15) is 0 Å². The Hall–Kier alpha value is -0.0800. The predicted molar refractivity (Wildman–Crippen MR) is 46.9 cm³/mol. The van der Waals surface area contributed by atoms with Crippen LogP contribution in [-0.2, 0) is 9.47 Å². The first kappa shape index (κ1) is 8.52. The maximum Gasteiger partial charge on any atom is 0.169 e. The fraction of sp³-hybridized carbons (Fsp3) is 1.00. The number of hydrogen-bond acceptors (Lipinski definition) is 2. The summed E-state index contributed by atoms with van der Waals surface area (Å²) in [5.41, 5.74) is 0. The van der Waals surface area contributed by atoms with E-state index in [0.717, 1.165) is 19.3 Å². The molecule has 2 heteroatoms. The molecule has 2 rings (SSSR count). The average Bonchev–Trinajstić information content (AvgIpc) is 2.32. The van der Waals surface area contributed by atoms with Gasteiger partial charge in [-0.05, 0) is 33.1 Å².